The van der Waals surface area contributed by atoms with Crippen LogP contribution in [0.25, 0.3) is 0 Å². The lowest BCUT2D eigenvalue weighted by Crippen LogP contribution is -2.29. The van der Waals surface area contributed by atoms with Crippen LogP contribution in [0, 0.1) is 18.3 Å². The van der Waals surface area contributed by atoms with E-state index >= 15 is 0 Å². The fourth-order valence-electron chi connectivity index (χ4n) is 2.52. The lowest BCUT2D eigenvalue weighted by Gasteiger charge is -2.18. The van der Waals surface area contributed by atoms with Gasteiger partial charge in [0.25, 0.3) is 11.7 Å². The second kappa shape index (κ2) is 4.88. The Morgan fingerprint density at radius 1 is 1.14 bits per heavy atom. The highest BCUT2D eigenvalue weighted by atomic mass is 16.2. The van der Waals surface area contributed by atoms with Gasteiger partial charge >= 0.3 is 0 Å². The van der Waals surface area contributed by atoms with E-state index in [2.05, 4.69) is 6.07 Å². The second-order valence-corrected chi connectivity index (χ2v) is 4.99. The van der Waals surface area contributed by atoms with Crippen LogP contribution < -0.4 is 4.90 Å². The average Bonchev–Trinajstić information content (AvgIpc) is 2.74. The smallest absolute Gasteiger partial charge is 0.299 e. The van der Waals surface area contributed by atoms with Gasteiger partial charge in [-0.2, -0.15) is 5.26 Å². The van der Waals surface area contributed by atoms with Crippen molar-refractivity contribution >= 4 is 17.4 Å². The number of aryl methyl sites for hydroxylation is 1. The van der Waals surface area contributed by atoms with Crippen LogP contribution >= 0.6 is 0 Å². The monoisotopic (exact) mass is 276 g/mol. The molecule has 0 unspecified atom stereocenters. The summed E-state index contributed by atoms with van der Waals surface area (Å²) in [5.74, 6) is -0.961. The van der Waals surface area contributed by atoms with Crippen LogP contribution in [0.3, 0.4) is 0 Å². The Morgan fingerprint density at radius 2 is 1.90 bits per heavy atom. The van der Waals surface area contributed by atoms with E-state index in [-0.39, 0.29) is 0 Å². The first-order valence-electron chi connectivity index (χ1n) is 6.56. The van der Waals surface area contributed by atoms with Crippen LogP contribution in [0.5, 0.6) is 0 Å². The third-order valence-electron chi connectivity index (χ3n) is 3.68. The van der Waals surface area contributed by atoms with Crippen LogP contribution in [-0.4, -0.2) is 11.7 Å². The molecule has 102 valence electrons. The fourth-order valence-corrected chi connectivity index (χ4v) is 2.52. The average molecular weight is 276 g/mol. The molecular formula is C17H12N2O2. The maximum atomic E-state index is 12.1. The molecule has 0 bridgehead atoms. The van der Waals surface area contributed by atoms with Crippen LogP contribution in [0.2, 0.25) is 0 Å². The topological polar surface area (TPSA) is 61.2 Å². The number of para-hydroxylation sites is 1. The molecule has 21 heavy (non-hydrogen) atoms. The molecule has 2 aromatic rings. The number of carbonyl (C=O) groups excluding carboxylic acids is 2. The molecule has 1 aliphatic rings. The number of nitriles is 1. The molecule has 4 heteroatoms. The van der Waals surface area contributed by atoms with Crippen LogP contribution in [0.15, 0.2) is 42.5 Å². The molecule has 0 saturated heterocycles. The van der Waals surface area contributed by atoms with Gasteiger partial charge in [-0.3, -0.25) is 9.59 Å². The predicted molar refractivity (Wildman–Crippen MR) is 77.9 cm³/mol. The first-order valence-corrected chi connectivity index (χ1v) is 6.56. The Hall–Kier alpha value is -2.93. The number of fused-ring (bicyclic) bond motifs is 1. The van der Waals surface area contributed by atoms with Crippen molar-refractivity contribution in [2.45, 2.75) is 13.5 Å². The number of Topliss-reactive ketones (excluding diaryl/α,β-unsaturated/α-hetero) is 1. The van der Waals surface area contributed by atoms with Crippen LogP contribution in [0.4, 0.5) is 5.69 Å². The van der Waals surface area contributed by atoms with Crippen molar-refractivity contribution in [2.75, 3.05) is 4.90 Å². The van der Waals surface area contributed by atoms with Gasteiger partial charge in [-0.25, -0.2) is 0 Å². The SMILES string of the molecule is Cc1cc(C#N)ccc1CN1C(=O)C(=O)c2ccccc21. The summed E-state index contributed by atoms with van der Waals surface area (Å²) in [6, 6.07) is 14.4. The van der Waals surface area contributed by atoms with E-state index < -0.39 is 11.7 Å². The molecule has 2 aromatic carbocycles. The summed E-state index contributed by atoms with van der Waals surface area (Å²) in [5.41, 5.74) is 3.54. The van der Waals surface area contributed by atoms with Crippen molar-refractivity contribution in [1.29, 1.82) is 5.26 Å². The van der Waals surface area contributed by atoms with Crippen molar-refractivity contribution in [1.82, 2.24) is 0 Å². The summed E-state index contributed by atoms with van der Waals surface area (Å²) in [5, 5.41) is 8.88. The molecule has 0 saturated carbocycles. The van der Waals surface area contributed by atoms with Gasteiger partial charge < -0.3 is 4.90 Å². The Labute approximate surface area is 122 Å². The van der Waals surface area contributed by atoms with E-state index in [1.165, 1.54) is 4.90 Å². The van der Waals surface area contributed by atoms with Gasteiger partial charge in [0, 0.05) is 0 Å². The first kappa shape index (κ1) is 13.1. The molecule has 0 radical (unpaired) electrons. The summed E-state index contributed by atoms with van der Waals surface area (Å²) in [6.07, 6.45) is 0. The molecular weight excluding hydrogens is 264 g/mol. The largest absolute Gasteiger partial charge is 0.300 e. The molecule has 1 aliphatic heterocycles. The minimum absolute atomic E-state index is 0.332. The molecule has 0 aromatic heterocycles. The van der Waals surface area contributed by atoms with Crippen molar-refractivity contribution in [3.05, 3.63) is 64.7 Å². The van der Waals surface area contributed by atoms with Gasteiger partial charge in [-0.1, -0.05) is 18.2 Å². The number of ketones is 1. The number of anilines is 1. The molecule has 0 N–H and O–H groups in total. The van der Waals surface area contributed by atoms with E-state index in [4.69, 9.17) is 5.26 Å². The molecule has 0 aliphatic carbocycles. The van der Waals surface area contributed by atoms with Crippen molar-refractivity contribution in [3.63, 3.8) is 0 Å². The third kappa shape index (κ3) is 2.09. The van der Waals surface area contributed by atoms with E-state index in [0.29, 0.717) is 23.4 Å². The van der Waals surface area contributed by atoms with Crippen molar-refractivity contribution < 1.29 is 9.59 Å². The van der Waals surface area contributed by atoms with Crippen LogP contribution in [0.1, 0.15) is 27.0 Å². The van der Waals surface area contributed by atoms with E-state index in [1.54, 1.807) is 30.3 Å². The van der Waals surface area contributed by atoms with Gasteiger partial charge in [-0.15, -0.1) is 0 Å². The summed E-state index contributed by atoms with van der Waals surface area (Å²) in [6.45, 7) is 2.23. The number of nitrogens with zero attached hydrogens (tertiary/aromatic N) is 2. The predicted octanol–water partition coefficient (Wildman–Crippen LogP) is 2.60. The number of rotatable bonds is 2. The zero-order valence-corrected chi connectivity index (χ0v) is 11.5. The molecule has 3 rings (SSSR count). The van der Waals surface area contributed by atoms with Gasteiger partial charge in [0.05, 0.1) is 29.4 Å². The number of hydrogen-bond acceptors (Lipinski definition) is 3. The highest BCUT2D eigenvalue weighted by molar-refractivity contribution is 6.52. The number of hydrogen-bond donors (Lipinski definition) is 0. The Kier molecular flexibility index (Phi) is 3.03. The lowest BCUT2D eigenvalue weighted by atomic mass is 10.1. The molecule has 1 amide bonds. The number of carbonyl (C=O) groups is 2. The molecule has 0 atom stereocenters. The fraction of sp³-hybridized carbons (Fsp3) is 0.118. The standard InChI is InChI=1S/C17H12N2O2/c1-11-8-12(9-18)6-7-13(11)10-19-15-5-3-2-4-14(15)16(20)17(19)21/h2-8H,10H2,1H3. The van der Waals surface area contributed by atoms with E-state index in [1.807, 2.05) is 19.1 Å². The number of amides is 1. The highest BCUT2D eigenvalue weighted by Crippen LogP contribution is 2.30. The minimum Gasteiger partial charge on any atom is -0.300 e. The minimum atomic E-state index is -0.500. The highest BCUT2D eigenvalue weighted by Gasteiger charge is 2.35. The van der Waals surface area contributed by atoms with E-state index in [9.17, 15) is 9.59 Å². The quantitative estimate of drug-likeness (QED) is 0.792. The third-order valence-corrected chi connectivity index (χ3v) is 3.68. The Morgan fingerprint density at radius 3 is 2.62 bits per heavy atom. The second-order valence-electron chi connectivity index (χ2n) is 4.99. The normalized spacial score (nSPS) is 13.2. The summed E-state index contributed by atoms with van der Waals surface area (Å²) in [4.78, 5) is 25.6. The first-order chi connectivity index (χ1) is 10.1. The van der Waals surface area contributed by atoms with Gasteiger partial charge in [-0.05, 0) is 42.3 Å². The molecule has 0 spiro atoms. The molecule has 0 fully saturated rings. The van der Waals surface area contributed by atoms with E-state index in [0.717, 1.165) is 11.1 Å². The summed E-state index contributed by atoms with van der Waals surface area (Å²) in [7, 11) is 0. The molecule has 1 heterocycles. The number of benzene rings is 2. The van der Waals surface area contributed by atoms with Crippen LogP contribution in [-0.2, 0) is 11.3 Å². The molecule has 4 nitrogen and oxygen atoms in total. The van der Waals surface area contributed by atoms with Crippen molar-refractivity contribution in [2.24, 2.45) is 0 Å². The summed E-state index contributed by atoms with van der Waals surface area (Å²) < 4.78 is 0. The van der Waals surface area contributed by atoms with Crippen molar-refractivity contribution in [3.8, 4) is 6.07 Å². The maximum Gasteiger partial charge on any atom is 0.299 e. The maximum absolute atomic E-state index is 12.1. The lowest BCUT2D eigenvalue weighted by molar-refractivity contribution is -0.114. The van der Waals surface area contributed by atoms with Gasteiger partial charge in [0.1, 0.15) is 0 Å². The zero-order chi connectivity index (χ0) is 15.0. The Balaban J connectivity index is 1.98. The summed E-state index contributed by atoms with van der Waals surface area (Å²) >= 11 is 0. The Bertz CT molecular complexity index is 803. The van der Waals surface area contributed by atoms with Gasteiger partial charge in [0.15, 0.2) is 0 Å². The van der Waals surface area contributed by atoms with Gasteiger partial charge in [0.2, 0.25) is 0 Å². The zero-order valence-electron chi connectivity index (χ0n) is 11.5.